The smallest absolute Gasteiger partial charge is 0.230 e. The molecule has 0 saturated heterocycles. The number of aryl methyl sites for hydroxylation is 1. The number of anilines is 1. The standard InChI is InChI=1S/C23H27N7O/c1-4-25-13-20-23(24)30-21(14-27-20)28-16(3)17-6-5-7-19(10-17)29-22(31)11-18-9-8-15(2)12-26-18/h5-10,12-14,16,25H,4,11H2,1-3H3,(H,29,31)(H2,24,28,30)/b20-13+. The maximum atomic E-state index is 12.4. The molecule has 0 bridgehead atoms. The SMILES string of the molecule is CCN/C=C1/N=CC(NC(C)c2cccc(NC(=O)Cc3ccc(C)cn3)c2)=NC1=N. The predicted octanol–water partition coefficient (Wildman–Crippen LogP) is 3.13. The van der Waals surface area contributed by atoms with Gasteiger partial charge in [-0.25, -0.2) is 9.98 Å². The van der Waals surface area contributed by atoms with Gasteiger partial charge >= 0.3 is 0 Å². The molecule has 2 aromatic rings. The zero-order valence-corrected chi connectivity index (χ0v) is 17.9. The summed E-state index contributed by atoms with van der Waals surface area (Å²) < 4.78 is 0. The number of nitrogens with zero attached hydrogens (tertiary/aromatic N) is 3. The van der Waals surface area contributed by atoms with Crippen molar-refractivity contribution < 1.29 is 4.79 Å². The molecule has 0 fully saturated rings. The fourth-order valence-electron chi connectivity index (χ4n) is 2.94. The average molecular weight is 418 g/mol. The van der Waals surface area contributed by atoms with Crippen LogP contribution in [-0.4, -0.2) is 35.3 Å². The van der Waals surface area contributed by atoms with Crippen molar-refractivity contribution in [2.24, 2.45) is 9.98 Å². The summed E-state index contributed by atoms with van der Waals surface area (Å²) in [4.78, 5) is 25.2. The van der Waals surface area contributed by atoms with Crippen LogP contribution in [-0.2, 0) is 11.2 Å². The summed E-state index contributed by atoms with van der Waals surface area (Å²) in [6.45, 7) is 6.68. The molecule has 0 saturated carbocycles. The molecule has 0 aliphatic carbocycles. The van der Waals surface area contributed by atoms with Crippen molar-refractivity contribution in [3.63, 3.8) is 0 Å². The molecular weight excluding hydrogens is 390 g/mol. The van der Waals surface area contributed by atoms with E-state index in [9.17, 15) is 4.79 Å². The van der Waals surface area contributed by atoms with Crippen molar-refractivity contribution in [3.05, 3.63) is 71.3 Å². The van der Waals surface area contributed by atoms with Crippen LogP contribution in [0.5, 0.6) is 0 Å². The molecule has 8 nitrogen and oxygen atoms in total. The molecule has 1 unspecified atom stereocenters. The van der Waals surface area contributed by atoms with Crippen LogP contribution in [0, 0.1) is 12.3 Å². The number of hydrogen-bond acceptors (Lipinski definition) is 6. The Kier molecular flexibility index (Phi) is 7.26. The van der Waals surface area contributed by atoms with Crippen LogP contribution in [0.2, 0.25) is 0 Å². The quantitative estimate of drug-likeness (QED) is 0.554. The number of carbonyl (C=O) groups is 1. The van der Waals surface area contributed by atoms with Crippen LogP contribution in [0.25, 0.3) is 0 Å². The highest BCUT2D eigenvalue weighted by molar-refractivity contribution is 6.35. The monoisotopic (exact) mass is 417 g/mol. The van der Waals surface area contributed by atoms with Gasteiger partial charge in [0.1, 0.15) is 11.5 Å². The molecule has 1 aromatic carbocycles. The summed E-state index contributed by atoms with van der Waals surface area (Å²) in [7, 11) is 0. The zero-order chi connectivity index (χ0) is 22.2. The molecule has 1 aromatic heterocycles. The Bertz CT molecular complexity index is 1040. The van der Waals surface area contributed by atoms with E-state index in [1.54, 1.807) is 18.6 Å². The molecule has 31 heavy (non-hydrogen) atoms. The maximum Gasteiger partial charge on any atom is 0.230 e. The first kappa shape index (κ1) is 21.9. The van der Waals surface area contributed by atoms with Gasteiger partial charge in [-0.2, -0.15) is 0 Å². The lowest BCUT2D eigenvalue weighted by Crippen LogP contribution is -2.31. The molecule has 8 heteroatoms. The number of benzene rings is 1. The maximum absolute atomic E-state index is 12.4. The van der Waals surface area contributed by atoms with Crippen LogP contribution < -0.4 is 16.0 Å². The van der Waals surface area contributed by atoms with Gasteiger partial charge in [0.15, 0.2) is 5.84 Å². The van der Waals surface area contributed by atoms with Crippen molar-refractivity contribution >= 4 is 29.5 Å². The Balaban J connectivity index is 1.60. The van der Waals surface area contributed by atoms with Crippen molar-refractivity contribution in [1.29, 1.82) is 5.41 Å². The van der Waals surface area contributed by atoms with Gasteiger partial charge in [0.25, 0.3) is 0 Å². The van der Waals surface area contributed by atoms with Gasteiger partial charge in [-0.3, -0.25) is 15.2 Å². The number of carbonyl (C=O) groups excluding carboxylic acids is 1. The normalized spacial score (nSPS) is 15.4. The molecule has 0 spiro atoms. The topological polar surface area (TPSA) is 115 Å². The van der Waals surface area contributed by atoms with Crippen molar-refractivity contribution in [1.82, 2.24) is 15.6 Å². The van der Waals surface area contributed by atoms with Crippen molar-refractivity contribution in [2.45, 2.75) is 33.2 Å². The Labute approximate surface area is 182 Å². The molecule has 160 valence electrons. The number of amidine groups is 2. The summed E-state index contributed by atoms with van der Waals surface area (Å²) in [5, 5.41) is 17.2. The van der Waals surface area contributed by atoms with E-state index in [0.29, 0.717) is 17.2 Å². The van der Waals surface area contributed by atoms with Crippen LogP contribution in [0.1, 0.15) is 36.7 Å². The number of nitrogens with one attached hydrogen (secondary N) is 4. The van der Waals surface area contributed by atoms with Crippen LogP contribution in [0.3, 0.4) is 0 Å². The molecule has 1 amide bonds. The summed E-state index contributed by atoms with van der Waals surface area (Å²) in [6.07, 6.45) is 5.27. The largest absolute Gasteiger partial charge is 0.389 e. The third-order valence-corrected chi connectivity index (χ3v) is 4.59. The first-order chi connectivity index (χ1) is 14.9. The molecule has 2 heterocycles. The predicted molar refractivity (Wildman–Crippen MR) is 125 cm³/mol. The number of aliphatic imine (C=N–C) groups is 2. The van der Waals surface area contributed by atoms with Crippen LogP contribution >= 0.6 is 0 Å². The van der Waals surface area contributed by atoms with Gasteiger partial charge in [-0.15, -0.1) is 0 Å². The second-order valence-electron chi connectivity index (χ2n) is 7.23. The van der Waals surface area contributed by atoms with Crippen LogP contribution in [0.15, 0.2) is 64.5 Å². The van der Waals surface area contributed by atoms with Crippen molar-refractivity contribution in [3.8, 4) is 0 Å². The lowest BCUT2D eigenvalue weighted by molar-refractivity contribution is -0.115. The summed E-state index contributed by atoms with van der Waals surface area (Å²) in [6, 6.07) is 11.3. The molecule has 4 N–H and O–H groups in total. The van der Waals surface area contributed by atoms with Crippen LogP contribution in [0.4, 0.5) is 5.69 Å². The lowest BCUT2D eigenvalue weighted by Gasteiger charge is -2.18. The number of amides is 1. The number of aromatic nitrogens is 1. The van der Waals surface area contributed by atoms with E-state index in [2.05, 4.69) is 30.9 Å². The Morgan fingerprint density at radius 1 is 1.26 bits per heavy atom. The summed E-state index contributed by atoms with van der Waals surface area (Å²) >= 11 is 0. The van der Waals surface area contributed by atoms with E-state index in [4.69, 9.17) is 5.41 Å². The van der Waals surface area contributed by atoms with E-state index >= 15 is 0 Å². The first-order valence-electron chi connectivity index (χ1n) is 10.2. The molecule has 3 rings (SSSR count). The first-order valence-corrected chi connectivity index (χ1v) is 10.2. The molecule has 1 aliphatic heterocycles. The van der Waals surface area contributed by atoms with E-state index < -0.39 is 0 Å². The highest BCUT2D eigenvalue weighted by Gasteiger charge is 2.14. The second-order valence-corrected chi connectivity index (χ2v) is 7.23. The van der Waals surface area contributed by atoms with E-state index in [1.165, 1.54) is 0 Å². The minimum absolute atomic E-state index is 0.0899. The number of rotatable bonds is 7. The number of hydrogen-bond donors (Lipinski definition) is 4. The van der Waals surface area contributed by atoms with Crippen molar-refractivity contribution in [2.75, 3.05) is 11.9 Å². The van der Waals surface area contributed by atoms with Gasteiger partial charge in [-0.1, -0.05) is 18.2 Å². The highest BCUT2D eigenvalue weighted by atomic mass is 16.1. The molecular formula is C23H27N7O. The Morgan fingerprint density at radius 3 is 2.81 bits per heavy atom. The fraction of sp³-hybridized carbons (Fsp3) is 0.261. The zero-order valence-electron chi connectivity index (χ0n) is 17.9. The molecule has 1 atom stereocenters. The summed E-state index contributed by atoms with van der Waals surface area (Å²) in [5.74, 6) is 0.501. The van der Waals surface area contributed by atoms with E-state index in [-0.39, 0.29) is 24.2 Å². The van der Waals surface area contributed by atoms with Gasteiger partial charge in [0.2, 0.25) is 5.91 Å². The summed E-state index contributed by atoms with van der Waals surface area (Å²) in [5.41, 5.74) is 3.97. The number of pyridine rings is 1. The Hall–Kier alpha value is -3.81. The van der Waals surface area contributed by atoms with E-state index in [1.807, 2.05) is 57.2 Å². The minimum Gasteiger partial charge on any atom is -0.389 e. The lowest BCUT2D eigenvalue weighted by atomic mass is 10.1. The third-order valence-electron chi connectivity index (χ3n) is 4.59. The van der Waals surface area contributed by atoms with Gasteiger partial charge in [0, 0.05) is 30.3 Å². The molecule has 1 aliphatic rings. The average Bonchev–Trinajstić information content (AvgIpc) is 2.75. The fourth-order valence-corrected chi connectivity index (χ4v) is 2.94. The van der Waals surface area contributed by atoms with Gasteiger partial charge in [-0.05, 0) is 50.1 Å². The minimum atomic E-state index is -0.119. The third kappa shape index (κ3) is 6.33. The highest BCUT2D eigenvalue weighted by Crippen LogP contribution is 2.18. The second kappa shape index (κ2) is 10.3. The van der Waals surface area contributed by atoms with Gasteiger partial charge in [0.05, 0.1) is 18.7 Å². The molecule has 0 radical (unpaired) electrons. The van der Waals surface area contributed by atoms with Gasteiger partial charge < -0.3 is 16.0 Å². The van der Waals surface area contributed by atoms with E-state index in [0.717, 1.165) is 23.4 Å². The Morgan fingerprint density at radius 2 is 2.10 bits per heavy atom.